The quantitative estimate of drug-likeness (QED) is 0.748. The van der Waals surface area contributed by atoms with Crippen molar-refractivity contribution < 1.29 is 18.3 Å². The van der Waals surface area contributed by atoms with Crippen molar-refractivity contribution in [3.63, 3.8) is 0 Å². The van der Waals surface area contributed by atoms with Crippen molar-refractivity contribution in [1.82, 2.24) is 0 Å². The molecule has 1 aromatic carbocycles. The Morgan fingerprint density at radius 3 is 2.65 bits per heavy atom. The van der Waals surface area contributed by atoms with E-state index in [2.05, 4.69) is 5.32 Å². The van der Waals surface area contributed by atoms with Gasteiger partial charge >= 0.3 is 0 Å². The first-order valence-corrected chi connectivity index (χ1v) is 5.42. The Morgan fingerprint density at radius 1 is 1.18 bits per heavy atom. The number of nitrogens with one attached hydrogen (secondary N) is 1. The van der Waals surface area contributed by atoms with Gasteiger partial charge in [-0.15, -0.1) is 0 Å². The summed E-state index contributed by atoms with van der Waals surface area (Å²) in [4.78, 5) is 0. The van der Waals surface area contributed by atoms with Crippen molar-refractivity contribution in [2.75, 3.05) is 38.8 Å². The zero-order valence-corrected chi connectivity index (χ0v) is 10.1. The van der Waals surface area contributed by atoms with E-state index in [9.17, 15) is 8.78 Å². The molecule has 0 aliphatic rings. The summed E-state index contributed by atoms with van der Waals surface area (Å²) >= 11 is 0. The van der Waals surface area contributed by atoms with E-state index >= 15 is 0 Å². The molecular formula is C12H17F2NO2. The van der Waals surface area contributed by atoms with Crippen LogP contribution in [0.15, 0.2) is 12.1 Å². The van der Waals surface area contributed by atoms with Gasteiger partial charge in [0.05, 0.1) is 19.8 Å². The van der Waals surface area contributed by atoms with E-state index in [-0.39, 0.29) is 5.69 Å². The minimum atomic E-state index is -0.593. The van der Waals surface area contributed by atoms with E-state index in [0.717, 1.165) is 0 Å². The van der Waals surface area contributed by atoms with E-state index in [1.807, 2.05) is 0 Å². The molecule has 96 valence electrons. The first kappa shape index (κ1) is 13.9. The third kappa shape index (κ3) is 4.28. The molecule has 0 aliphatic carbocycles. The molecule has 0 aliphatic heterocycles. The van der Waals surface area contributed by atoms with Crippen molar-refractivity contribution in [2.24, 2.45) is 0 Å². The van der Waals surface area contributed by atoms with Crippen molar-refractivity contribution in [1.29, 1.82) is 0 Å². The van der Waals surface area contributed by atoms with Crippen LogP contribution in [0.3, 0.4) is 0 Å². The number of aryl methyl sites for hydroxylation is 1. The van der Waals surface area contributed by atoms with Gasteiger partial charge < -0.3 is 14.8 Å². The first-order chi connectivity index (χ1) is 8.16. The molecule has 0 fully saturated rings. The van der Waals surface area contributed by atoms with Gasteiger partial charge in [-0.2, -0.15) is 0 Å². The molecule has 1 N–H and O–H groups in total. The predicted octanol–water partition coefficient (Wildman–Crippen LogP) is 2.35. The zero-order valence-electron chi connectivity index (χ0n) is 10.1. The minimum Gasteiger partial charge on any atom is -0.382 e. The van der Waals surface area contributed by atoms with Crippen LogP contribution in [0.5, 0.6) is 0 Å². The summed E-state index contributed by atoms with van der Waals surface area (Å²) in [5.74, 6) is -1.15. The number of methoxy groups -OCH3 is 1. The molecular weight excluding hydrogens is 228 g/mol. The molecule has 17 heavy (non-hydrogen) atoms. The highest BCUT2D eigenvalue weighted by atomic mass is 19.1. The van der Waals surface area contributed by atoms with Crippen LogP contribution < -0.4 is 5.32 Å². The van der Waals surface area contributed by atoms with Crippen molar-refractivity contribution in [3.05, 3.63) is 29.3 Å². The molecule has 0 saturated carbocycles. The highest BCUT2D eigenvalue weighted by Crippen LogP contribution is 2.21. The van der Waals surface area contributed by atoms with Gasteiger partial charge in [-0.3, -0.25) is 0 Å². The van der Waals surface area contributed by atoms with Crippen molar-refractivity contribution in [2.45, 2.75) is 6.92 Å². The lowest BCUT2D eigenvalue weighted by atomic mass is 10.2. The average Bonchev–Trinajstić information content (AvgIpc) is 2.32. The Balaban J connectivity index is 2.39. The summed E-state index contributed by atoms with van der Waals surface area (Å²) in [6, 6.07) is 2.65. The van der Waals surface area contributed by atoms with Crippen molar-refractivity contribution in [3.8, 4) is 0 Å². The lowest BCUT2D eigenvalue weighted by Crippen LogP contribution is -2.14. The van der Waals surface area contributed by atoms with Gasteiger partial charge in [0.1, 0.15) is 11.5 Å². The summed E-state index contributed by atoms with van der Waals surface area (Å²) in [6.07, 6.45) is 0. The van der Waals surface area contributed by atoms with Crippen LogP contribution in [0.25, 0.3) is 0 Å². The van der Waals surface area contributed by atoms with Gasteiger partial charge in [-0.05, 0) is 18.6 Å². The van der Waals surface area contributed by atoms with Crippen LogP contribution in [-0.4, -0.2) is 33.5 Å². The van der Waals surface area contributed by atoms with Gasteiger partial charge in [0.25, 0.3) is 0 Å². The minimum absolute atomic E-state index is 0.0969. The molecule has 1 aromatic rings. The van der Waals surface area contributed by atoms with Crippen LogP contribution in [0.4, 0.5) is 14.5 Å². The Morgan fingerprint density at radius 2 is 1.94 bits per heavy atom. The molecule has 0 aromatic heterocycles. The van der Waals surface area contributed by atoms with Gasteiger partial charge in [0.2, 0.25) is 0 Å². The fraction of sp³-hybridized carbons (Fsp3) is 0.500. The topological polar surface area (TPSA) is 30.5 Å². The van der Waals surface area contributed by atoms with Crippen LogP contribution in [0.1, 0.15) is 5.56 Å². The summed E-state index contributed by atoms with van der Waals surface area (Å²) in [5, 5.41) is 2.68. The summed E-state index contributed by atoms with van der Waals surface area (Å²) < 4.78 is 36.8. The SMILES string of the molecule is COCCOCCNc1c(F)ccc(C)c1F. The molecule has 0 unspecified atom stereocenters. The van der Waals surface area contributed by atoms with E-state index in [1.165, 1.54) is 12.1 Å². The van der Waals surface area contributed by atoms with Gasteiger partial charge in [0, 0.05) is 13.7 Å². The maximum Gasteiger partial charge on any atom is 0.152 e. The Hall–Kier alpha value is -1.20. The zero-order chi connectivity index (χ0) is 12.7. The monoisotopic (exact) mass is 245 g/mol. The number of rotatable bonds is 7. The molecule has 0 saturated heterocycles. The molecule has 0 radical (unpaired) electrons. The Bertz CT molecular complexity index is 359. The summed E-state index contributed by atoms with van der Waals surface area (Å²) in [7, 11) is 1.58. The van der Waals surface area contributed by atoms with E-state index in [0.29, 0.717) is 31.9 Å². The second-order valence-corrected chi connectivity index (χ2v) is 3.59. The van der Waals surface area contributed by atoms with Crippen LogP contribution in [0, 0.1) is 18.6 Å². The van der Waals surface area contributed by atoms with Gasteiger partial charge in [0.15, 0.2) is 5.82 Å². The van der Waals surface area contributed by atoms with Crippen molar-refractivity contribution >= 4 is 5.69 Å². The molecule has 0 spiro atoms. The number of hydrogen-bond acceptors (Lipinski definition) is 3. The lowest BCUT2D eigenvalue weighted by Gasteiger charge is -2.10. The Labute approximate surface area is 99.7 Å². The molecule has 3 nitrogen and oxygen atoms in total. The van der Waals surface area contributed by atoms with E-state index in [4.69, 9.17) is 9.47 Å². The molecule has 0 heterocycles. The van der Waals surface area contributed by atoms with Crippen LogP contribution in [0.2, 0.25) is 0 Å². The maximum atomic E-state index is 13.5. The molecule has 0 atom stereocenters. The Kier molecular flexibility index (Phi) is 5.86. The normalized spacial score (nSPS) is 10.6. The average molecular weight is 245 g/mol. The third-order valence-corrected chi connectivity index (χ3v) is 2.26. The van der Waals surface area contributed by atoms with Gasteiger partial charge in [-0.1, -0.05) is 6.07 Å². The fourth-order valence-corrected chi connectivity index (χ4v) is 1.31. The smallest absolute Gasteiger partial charge is 0.152 e. The first-order valence-electron chi connectivity index (χ1n) is 5.42. The molecule has 1 rings (SSSR count). The second kappa shape index (κ2) is 7.19. The number of hydrogen-bond donors (Lipinski definition) is 1. The van der Waals surface area contributed by atoms with E-state index in [1.54, 1.807) is 14.0 Å². The highest BCUT2D eigenvalue weighted by molar-refractivity contribution is 5.48. The highest BCUT2D eigenvalue weighted by Gasteiger charge is 2.10. The second-order valence-electron chi connectivity index (χ2n) is 3.59. The maximum absolute atomic E-state index is 13.5. The standard InChI is InChI=1S/C12H17F2NO2/c1-9-3-4-10(13)12(11(9)14)15-5-6-17-8-7-16-2/h3-4,15H,5-8H2,1-2H3. The number of halogens is 2. The fourth-order valence-electron chi connectivity index (χ4n) is 1.31. The van der Waals surface area contributed by atoms with Crippen LogP contribution in [-0.2, 0) is 9.47 Å². The lowest BCUT2D eigenvalue weighted by molar-refractivity contribution is 0.0759. The number of ether oxygens (including phenoxy) is 2. The number of benzene rings is 1. The van der Waals surface area contributed by atoms with Crippen LogP contribution >= 0.6 is 0 Å². The molecule has 5 heteroatoms. The molecule has 0 amide bonds. The molecule has 0 bridgehead atoms. The number of anilines is 1. The van der Waals surface area contributed by atoms with E-state index < -0.39 is 11.6 Å². The largest absolute Gasteiger partial charge is 0.382 e. The third-order valence-electron chi connectivity index (χ3n) is 2.26. The van der Waals surface area contributed by atoms with Gasteiger partial charge in [-0.25, -0.2) is 8.78 Å². The summed E-state index contributed by atoms with van der Waals surface area (Å²) in [5.41, 5.74) is 0.314. The predicted molar refractivity (Wildman–Crippen MR) is 62.3 cm³/mol. The summed E-state index contributed by atoms with van der Waals surface area (Å²) in [6.45, 7) is 3.29.